The van der Waals surface area contributed by atoms with Gasteiger partial charge in [0.2, 0.25) is 0 Å². The molecule has 0 radical (unpaired) electrons. The van der Waals surface area contributed by atoms with Gasteiger partial charge in [0.15, 0.2) is 0 Å². The van der Waals surface area contributed by atoms with Gasteiger partial charge in [-0.25, -0.2) is 4.79 Å². The molecule has 0 fully saturated rings. The van der Waals surface area contributed by atoms with Crippen LogP contribution in [0.1, 0.15) is 18.2 Å². The number of rotatable bonds is 4. The Morgan fingerprint density at radius 2 is 2.00 bits per heavy atom. The third-order valence-corrected chi connectivity index (χ3v) is 2.77. The highest BCUT2D eigenvalue weighted by Gasteiger charge is 2.09. The maximum Gasteiger partial charge on any atom is 0.319 e. The van der Waals surface area contributed by atoms with Crippen molar-refractivity contribution in [2.24, 2.45) is 0 Å². The van der Waals surface area contributed by atoms with Gasteiger partial charge < -0.3 is 15.1 Å². The molecule has 1 aromatic carbocycles. The van der Waals surface area contributed by atoms with E-state index in [0.717, 1.165) is 17.0 Å². The Labute approximate surface area is 112 Å². The zero-order valence-corrected chi connectivity index (χ0v) is 11.1. The van der Waals surface area contributed by atoms with E-state index in [2.05, 4.69) is 10.6 Å². The number of nitrogens with one attached hydrogen (secondary N) is 2. The number of aryl methyl sites for hydroxylation is 1. The van der Waals surface area contributed by atoms with Crippen LogP contribution in [0.25, 0.3) is 0 Å². The SMILES string of the molecule is Cc1ccc(NC(=O)NC(C)Cc2ccco2)cc1. The minimum Gasteiger partial charge on any atom is -0.469 e. The summed E-state index contributed by atoms with van der Waals surface area (Å²) >= 11 is 0. The quantitative estimate of drug-likeness (QED) is 0.883. The van der Waals surface area contributed by atoms with Crippen LogP contribution in [0.3, 0.4) is 0 Å². The van der Waals surface area contributed by atoms with E-state index in [1.165, 1.54) is 0 Å². The summed E-state index contributed by atoms with van der Waals surface area (Å²) in [7, 11) is 0. The molecule has 2 N–H and O–H groups in total. The van der Waals surface area contributed by atoms with Crippen molar-refractivity contribution in [3.63, 3.8) is 0 Å². The molecule has 1 unspecified atom stereocenters. The minimum atomic E-state index is -0.206. The first kappa shape index (κ1) is 13.2. The molecule has 1 aromatic heterocycles. The van der Waals surface area contributed by atoms with Crippen molar-refractivity contribution in [3.05, 3.63) is 54.0 Å². The lowest BCUT2D eigenvalue weighted by Gasteiger charge is -2.13. The number of hydrogen-bond acceptors (Lipinski definition) is 2. The van der Waals surface area contributed by atoms with Crippen LogP contribution < -0.4 is 10.6 Å². The second-order valence-electron chi connectivity index (χ2n) is 4.65. The smallest absolute Gasteiger partial charge is 0.319 e. The van der Waals surface area contributed by atoms with Crippen molar-refractivity contribution in [2.75, 3.05) is 5.32 Å². The summed E-state index contributed by atoms with van der Waals surface area (Å²) in [6.07, 6.45) is 2.31. The number of carbonyl (C=O) groups excluding carboxylic acids is 1. The summed E-state index contributed by atoms with van der Waals surface area (Å²) in [4.78, 5) is 11.8. The molecule has 100 valence electrons. The Kier molecular flexibility index (Phi) is 4.23. The highest BCUT2D eigenvalue weighted by molar-refractivity contribution is 5.89. The molecular weight excluding hydrogens is 240 g/mol. The number of furan rings is 1. The van der Waals surface area contributed by atoms with E-state index in [-0.39, 0.29) is 12.1 Å². The zero-order valence-electron chi connectivity index (χ0n) is 11.1. The highest BCUT2D eigenvalue weighted by Crippen LogP contribution is 2.09. The molecular formula is C15H18N2O2. The number of amides is 2. The number of anilines is 1. The van der Waals surface area contributed by atoms with Crippen molar-refractivity contribution in [2.45, 2.75) is 26.3 Å². The molecule has 0 spiro atoms. The summed E-state index contributed by atoms with van der Waals surface area (Å²) in [6.45, 7) is 3.95. The summed E-state index contributed by atoms with van der Waals surface area (Å²) in [5, 5.41) is 5.67. The fourth-order valence-corrected chi connectivity index (χ4v) is 1.81. The highest BCUT2D eigenvalue weighted by atomic mass is 16.3. The summed E-state index contributed by atoms with van der Waals surface area (Å²) in [5.41, 5.74) is 1.95. The molecule has 4 nitrogen and oxygen atoms in total. The molecule has 2 aromatic rings. The van der Waals surface area contributed by atoms with E-state index in [0.29, 0.717) is 6.42 Å². The maximum atomic E-state index is 11.8. The zero-order chi connectivity index (χ0) is 13.7. The number of benzene rings is 1. The standard InChI is InChI=1S/C15H18N2O2/c1-11-5-7-13(8-6-11)17-15(18)16-12(2)10-14-4-3-9-19-14/h3-9,12H,10H2,1-2H3,(H2,16,17,18). The van der Waals surface area contributed by atoms with Gasteiger partial charge in [0, 0.05) is 18.2 Å². The van der Waals surface area contributed by atoms with Gasteiger partial charge in [-0.3, -0.25) is 0 Å². The molecule has 4 heteroatoms. The van der Waals surface area contributed by atoms with Gasteiger partial charge >= 0.3 is 6.03 Å². The van der Waals surface area contributed by atoms with E-state index in [1.54, 1.807) is 6.26 Å². The first-order valence-corrected chi connectivity index (χ1v) is 6.30. The average Bonchev–Trinajstić information content (AvgIpc) is 2.84. The van der Waals surface area contributed by atoms with Crippen molar-refractivity contribution in [1.82, 2.24) is 5.32 Å². The summed E-state index contributed by atoms with van der Waals surface area (Å²) < 4.78 is 5.25. The molecule has 19 heavy (non-hydrogen) atoms. The van der Waals surface area contributed by atoms with Gasteiger partial charge in [-0.2, -0.15) is 0 Å². The third-order valence-electron chi connectivity index (χ3n) is 2.77. The molecule has 0 bridgehead atoms. The molecule has 0 saturated heterocycles. The van der Waals surface area contributed by atoms with Crippen LogP contribution in [0, 0.1) is 6.92 Å². The second-order valence-corrected chi connectivity index (χ2v) is 4.65. The number of hydrogen-bond donors (Lipinski definition) is 2. The first-order chi connectivity index (χ1) is 9.13. The monoisotopic (exact) mass is 258 g/mol. The molecule has 2 rings (SSSR count). The van der Waals surface area contributed by atoms with Gasteiger partial charge in [-0.05, 0) is 38.1 Å². The molecule has 1 heterocycles. The van der Waals surface area contributed by atoms with Crippen LogP contribution in [0.15, 0.2) is 47.1 Å². The maximum absolute atomic E-state index is 11.8. The normalized spacial score (nSPS) is 11.9. The fourth-order valence-electron chi connectivity index (χ4n) is 1.81. The van der Waals surface area contributed by atoms with Crippen LogP contribution in [0.2, 0.25) is 0 Å². The van der Waals surface area contributed by atoms with Gasteiger partial charge in [0.1, 0.15) is 5.76 Å². The van der Waals surface area contributed by atoms with Crippen LogP contribution >= 0.6 is 0 Å². The van der Waals surface area contributed by atoms with Crippen LogP contribution in [0.4, 0.5) is 10.5 Å². The van der Waals surface area contributed by atoms with Crippen LogP contribution in [-0.2, 0) is 6.42 Å². The Bertz CT molecular complexity index is 518. The third kappa shape index (κ3) is 4.17. The van der Waals surface area contributed by atoms with Gasteiger partial charge in [0.05, 0.1) is 6.26 Å². The Morgan fingerprint density at radius 1 is 1.26 bits per heavy atom. The molecule has 0 saturated carbocycles. The Morgan fingerprint density at radius 3 is 2.63 bits per heavy atom. The summed E-state index contributed by atoms with van der Waals surface area (Å²) in [5.74, 6) is 0.864. The lowest BCUT2D eigenvalue weighted by atomic mass is 10.2. The lowest BCUT2D eigenvalue weighted by Crippen LogP contribution is -2.37. The van der Waals surface area contributed by atoms with E-state index < -0.39 is 0 Å². The van der Waals surface area contributed by atoms with Crippen molar-refractivity contribution in [1.29, 1.82) is 0 Å². The first-order valence-electron chi connectivity index (χ1n) is 6.30. The molecule has 2 amide bonds. The largest absolute Gasteiger partial charge is 0.469 e. The van der Waals surface area contributed by atoms with Gasteiger partial charge in [0.25, 0.3) is 0 Å². The van der Waals surface area contributed by atoms with Crippen LogP contribution in [0.5, 0.6) is 0 Å². The van der Waals surface area contributed by atoms with Gasteiger partial charge in [-0.15, -0.1) is 0 Å². The van der Waals surface area contributed by atoms with Crippen LogP contribution in [-0.4, -0.2) is 12.1 Å². The average molecular weight is 258 g/mol. The van der Waals surface area contributed by atoms with E-state index >= 15 is 0 Å². The predicted molar refractivity (Wildman–Crippen MR) is 75.2 cm³/mol. The number of carbonyl (C=O) groups is 1. The fraction of sp³-hybridized carbons (Fsp3) is 0.267. The minimum absolute atomic E-state index is 0.0107. The second kappa shape index (κ2) is 6.09. The van der Waals surface area contributed by atoms with Crippen molar-refractivity contribution < 1.29 is 9.21 Å². The molecule has 0 aliphatic carbocycles. The summed E-state index contributed by atoms with van der Waals surface area (Å²) in [6, 6.07) is 11.2. The number of urea groups is 1. The van der Waals surface area contributed by atoms with Gasteiger partial charge in [-0.1, -0.05) is 17.7 Å². The molecule has 0 aliphatic heterocycles. The molecule has 1 atom stereocenters. The van der Waals surface area contributed by atoms with Crippen molar-refractivity contribution >= 4 is 11.7 Å². The topological polar surface area (TPSA) is 54.3 Å². The Balaban J connectivity index is 1.82. The van der Waals surface area contributed by atoms with Crippen molar-refractivity contribution in [3.8, 4) is 0 Å². The predicted octanol–water partition coefficient (Wildman–Crippen LogP) is 3.34. The Hall–Kier alpha value is -2.23. The van der Waals surface area contributed by atoms with E-state index in [1.807, 2.05) is 50.2 Å². The van der Waals surface area contributed by atoms with E-state index in [4.69, 9.17) is 4.42 Å². The lowest BCUT2D eigenvalue weighted by molar-refractivity contribution is 0.248. The van der Waals surface area contributed by atoms with E-state index in [9.17, 15) is 4.79 Å². The molecule has 0 aliphatic rings.